The molecule has 0 amide bonds. The first kappa shape index (κ1) is 12.1. The molecular weight excluding hydrogens is 228 g/mol. The molecule has 1 aliphatic carbocycles. The maximum atomic E-state index is 11.3. The molecule has 90 valence electrons. The number of carbonyl (C=O) groups excluding carboxylic acids is 1. The molecule has 0 aliphatic heterocycles. The van der Waals surface area contributed by atoms with E-state index in [4.69, 9.17) is 4.43 Å². The first-order valence-corrected chi connectivity index (χ1v) is 9.32. The van der Waals surface area contributed by atoms with E-state index in [9.17, 15) is 4.79 Å². The molecule has 0 N–H and O–H groups in total. The van der Waals surface area contributed by atoms with Crippen molar-refractivity contribution in [3.63, 3.8) is 0 Å². The molecule has 1 aromatic carbocycles. The van der Waals surface area contributed by atoms with Gasteiger partial charge in [-0.1, -0.05) is 31.2 Å². The Bertz CT molecular complexity index is 483. The monoisotopic (exact) mass is 246 g/mol. The highest BCUT2D eigenvalue weighted by atomic mass is 28.4. The van der Waals surface area contributed by atoms with Crippen LogP contribution < -0.4 is 0 Å². The van der Waals surface area contributed by atoms with Crippen LogP contribution >= 0.6 is 0 Å². The van der Waals surface area contributed by atoms with Crippen LogP contribution in [0.5, 0.6) is 0 Å². The number of carbonyl (C=O) groups is 1. The van der Waals surface area contributed by atoms with E-state index in [1.807, 2.05) is 18.2 Å². The SMILES string of the molecule is C[C@@H]1C(C=O)=C(O[Si](C)(C)C)c2ccccc21. The predicted molar refractivity (Wildman–Crippen MR) is 72.3 cm³/mol. The summed E-state index contributed by atoms with van der Waals surface area (Å²) in [7, 11) is -1.70. The minimum atomic E-state index is -1.70. The fourth-order valence-corrected chi connectivity index (χ4v) is 3.02. The van der Waals surface area contributed by atoms with Crippen LogP contribution in [0.3, 0.4) is 0 Å². The zero-order chi connectivity index (χ0) is 12.6. The molecule has 1 aromatic rings. The summed E-state index contributed by atoms with van der Waals surface area (Å²) >= 11 is 0. The molecule has 0 radical (unpaired) electrons. The molecule has 0 fully saturated rings. The second-order valence-corrected chi connectivity index (χ2v) is 9.85. The molecule has 1 aliphatic rings. The zero-order valence-corrected chi connectivity index (χ0v) is 11.8. The number of hydrogen-bond acceptors (Lipinski definition) is 2. The molecule has 17 heavy (non-hydrogen) atoms. The van der Waals surface area contributed by atoms with Crippen LogP contribution in [-0.2, 0) is 9.22 Å². The normalized spacial score (nSPS) is 19.2. The van der Waals surface area contributed by atoms with E-state index >= 15 is 0 Å². The first-order valence-electron chi connectivity index (χ1n) is 5.91. The number of allylic oxidation sites excluding steroid dienone is 1. The Kier molecular flexibility index (Phi) is 2.95. The van der Waals surface area contributed by atoms with E-state index in [1.54, 1.807) is 0 Å². The van der Waals surface area contributed by atoms with Gasteiger partial charge in [0, 0.05) is 17.1 Å². The lowest BCUT2D eigenvalue weighted by molar-refractivity contribution is -0.105. The van der Waals surface area contributed by atoms with E-state index in [1.165, 1.54) is 5.56 Å². The van der Waals surface area contributed by atoms with Gasteiger partial charge in [0.1, 0.15) is 12.0 Å². The van der Waals surface area contributed by atoms with Crippen molar-refractivity contribution in [3.05, 3.63) is 41.0 Å². The molecule has 3 heteroatoms. The van der Waals surface area contributed by atoms with Crippen molar-refractivity contribution in [3.8, 4) is 0 Å². The smallest absolute Gasteiger partial charge is 0.242 e. The number of benzene rings is 1. The largest absolute Gasteiger partial charge is 0.544 e. The van der Waals surface area contributed by atoms with E-state index in [2.05, 4.69) is 32.6 Å². The van der Waals surface area contributed by atoms with Crippen LogP contribution in [-0.4, -0.2) is 14.6 Å². The highest BCUT2D eigenvalue weighted by Crippen LogP contribution is 2.42. The lowest BCUT2D eigenvalue weighted by Gasteiger charge is -2.21. The van der Waals surface area contributed by atoms with E-state index in [-0.39, 0.29) is 5.92 Å². The van der Waals surface area contributed by atoms with E-state index in [0.29, 0.717) is 0 Å². The third kappa shape index (κ3) is 2.20. The first-order chi connectivity index (χ1) is 7.94. The van der Waals surface area contributed by atoms with Gasteiger partial charge in [-0.2, -0.15) is 0 Å². The number of fused-ring (bicyclic) bond motifs is 1. The van der Waals surface area contributed by atoms with Crippen molar-refractivity contribution in [2.24, 2.45) is 0 Å². The molecule has 0 heterocycles. The number of hydrogen-bond donors (Lipinski definition) is 0. The third-order valence-electron chi connectivity index (χ3n) is 2.94. The molecule has 0 unspecified atom stereocenters. The molecule has 0 bridgehead atoms. The second kappa shape index (κ2) is 4.15. The van der Waals surface area contributed by atoms with Crippen molar-refractivity contribution in [1.29, 1.82) is 0 Å². The summed E-state index contributed by atoms with van der Waals surface area (Å²) < 4.78 is 6.09. The second-order valence-electron chi connectivity index (χ2n) is 5.43. The van der Waals surface area contributed by atoms with Crippen molar-refractivity contribution in [1.82, 2.24) is 0 Å². The van der Waals surface area contributed by atoms with Crippen molar-refractivity contribution >= 4 is 20.4 Å². The molecule has 0 aromatic heterocycles. The summed E-state index contributed by atoms with van der Waals surface area (Å²) in [5.74, 6) is 0.956. The summed E-state index contributed by atoms with van der Waals surface area (Å²) in [4.78, 5) is 11.3. The Morgan fingerprint density at radius 2 is 1.88 bits per heavy atom. The minimum Gasteiger partial charge on any atom is -0.544 e. The van der Waals surface area contributed by atoms with Crippen molar-refractivity contribution < 1.29 is 9.22 Å². The summed E-state index contributed by atoms with van der Waals surface area (Å²) in [5.41, 5.74) is 3.07. The van der Waals surface area contributed by atoms with Crippen LogP contribution in [0, 0.1) is 0 Å². The molecule has 2 nitrogen and oxygen atoms in total. The zero-order valence-electron chi connectivity index (χ0n) is 10.8. The molecular formula is C14H18O2Si. The fraction of sp³-hybridized carbons (Fsp3) is 0.357. The Morgan fingerprint density at radius 1 is 1.24 bits per heavy atom. The molecule has 2 rings (SSSR count). The number of rotatable bonds is 3. The Labute approximate surface area is 103 Å². The predicted octanol–water partition coefficient (Wildman–Crippen LogP) is 3.57. The quantitative estimate of drug-likeness (QED) is 0.602. The van der Waals surface area contributed by atoms with Crippen LogP contribution in [0.25, 0.3) is 5.76 Å². The maximum Gasteiger partial charge on any atom is 0.242 e. The molecule has 0 saturated carbocycles. The van der Waals surface area contributed by atoms with Crippen LogP contribution in [0.15, 0.2) is 29.8 Å². The van der Waals surface area contributed by atoms with Crippen LogP contribution in [0.2, 0.25) is 19.6 Å². The van der Waals surface area contributed by atoms with Gasteiger partial charge >= 0.3 is 0 Å². The maximum absolute atomic E-state index is 11.3. The van der Waals surface area contributed by atoms with Gasteiger partial charge in [-0.05, 0) is 25.2 Å². The highest BCUT2D eigenvalue weighted by molar-refractivity contribution is 6.70. The third-order valence-corrected chi connectivity index (χ3v) is 3.75. The van der Waals surface area contributed by atoms with Gasteiger partial charge in [0.2, 0.25) is 8.32 Å². The average Bonchev–Trinajstić information content (AvgIpc) is 2.51. The van der Waals surface area contributed by atoms with Crippen molar-refractivity contribution in [2.75, 3.05) is 0 Å². The molecule has 1 atom stereocenters. The highest BCUT2D eigenvalue weighted by Gasteiger charge is 2.31. The standard InChI is InChI=1S/C14H18O2Si/c1-10-11-7-5-6-8-12(11)14(13(10)9-15)16-17(2,3)4/h5-10H,1-4H3/t10-/m0/s1. The van der Waals surface area contributed by atoms with Crippen LogP contribution in [0.1, 0.15) is 24.0 Å². The Balaban J connectivity index is 2.52. The minimum absolute atomic E-state index is 0.148. The average molecular weight is 246 g/mol. The molecule has 0 saturated heterocycles. The summed E-state index contributed by atoms with van der Waals surface area (Å²) in [6.07, 6.45) is 0.945. The lowest BCUT2D eigenvalue weighted by atomic mass is 9.99. The summed E-state index contributed by atoms with van der Waals surface area (Å²) in [6.45, 7) is 8.46. The van der Waals surface area contributed by atoms with Gasteiger partial charge in [-0.25, -0.2) is 0 Å². The Morgan fingerprint density at radius 3 is 2.47 bits per heavy atom. The molecule has 0 spiro atoms. The van der Waals surface area contributed by atoms with Crippen molar-refractivity contribution in [2.45, 2.75) is 32.5 Å². The summed E-state index contributed by atoms with van der Waals surface area (Å²) in [6, 6.07) is 8.12. The summed E-state index contributed by atoms with van der Waals surface area (Å²) in [5, 5.41) is 0. The number of aldehydes is 1. The van der Waals surface area contributed by atoms with E-state index in [0.717, 1.165) is 23.2 Å². The van der Waals surface area contributed by atoms with Gasteiger partial charge < -0.3 is 4.43 Å². The van der Waals surface area contributed by atoms with E-state index < -0.39 is 8.32 Å². The van der Waals surface area contributed by atoms with Gasteiger partial charge in [-0.15, -0.1) is 0 Å². The lowest BCUT2D eigenvalue weighted by Crippen LogP contribution is -2.24. The van der Waals surface area contributed by atoms with Gasteiger partial charge in [0.05, 0.1) is 0 Å². The van der Waals surface area contributed by atoms with Gasteiger partial charge in [0.25, 0.3) is 0 Å². The fourth-order valence-electron chi connectivity index (χ4n) is 2.18. The van der Waals surface area contributed by atoms with Gasteiger partial charge in [0.15, 0.2) is 0 Å². The van der Waals surface area contributed by atoms with Gasteiger partial charge in [-0.3, -0.25) is 4.79 Å². The topological polar surface area (TPSA) is 26.3 Å². The Hall–Kier alpha value is -1.35. The van der Waals surface area contributed by atoms with Crippen LogP contribution in [0.4, 0.5) is 0 Å².